The molecule has 0 unspecified atom stereocenters. The number of ether oxygens (including phenoxy) is 2. The normalized spacial score (nSPS) is 28.3. The van der Waals surface area contributed by atoms with E-state index in [4.69, 9.17) is 9.47 Å². The quantitative estimate of drug-likeness (QED) is 0.482. The molecule has 0 aromatic heterocycles. The van der Waals surface area contributed by atoms with Crippen molar-refractivity contribution < 1.29 is 14.3 Å². The summed E-state index contributed by atoms with van der Waals surface area (Å²) in [5.41, 5.74) is 0. The van der Waals surface area contributed by atoms with Crippen LogP contribution >= 0.6 is 0 Å². The molecule has 1 aliphatic heterocycles. The van der Waals surface area contributed by atoms with Gasteiger partial charge in [0.1, 0.15) is 12.2 Å². The second-order valence-corrected chi connectivity index (χ2v) is 3.23. The molecule has 3 heteroatoms. The van der Waals surface area contributed by atoms with E-state index in [2.05, 4.69) is 6.92 Å². The molecule has 0 bridgehead atoms. The van der Waals surface area contributed by atoms with Gasteiger partial charge in [-0.05, 0) is 19.8 Å². The van der Waals surface area contributed by atoms with Gasteiger partial charge in [-0.15, -0.1) is 0 Å². The fraction of sp³-hybridized carbons (Fsp3) is 0.889. The van der Waals surface area contributed by atoms with Gasteiger partial charge in [-0.25, -0.2) is 4.79 Å². The van der Waals surface area contributed by atoms with E-state index in [-0.39, 0.29) is 12.2 Å². The highest BCUT2D eigenvalue weighted by Crippen LogP contribution is 2.19. The summed E-state index contributed by atoms with van der Waals surface area (Å²) in [6, 6.07) is 0. The molecule has 70 valence electrons. The van der Waals surface area contributed by atoms with E-state index in [0.29, 0.717) is 0 Å². The fourth-order valence-electron chi connectivity index (χ4n) is 1.36. The predicted molar refractivity (Wildman–Crippen MR) is 45.0 cm³/mol. The maximum absolute atomic E-state index is 10.7. The molecular weight excluding hydrogens is 156 g/mol. The smallest absolute Gasteiger partial charge is 0.427 e. The van der Waals surface area contributed by atoms with Crippen molar-refractivity contribution in [3.63, 3.8) is 0 Å². The number of hydrogen-bond donors (Lipinski definition) is 0. The average molecular weight is 172 g/mol. The first kappa shape index (κ1) is 9.36. The van der Waals surface area contributed by atoms with Crippen LogP contribution < -0.4 is 0 Å². The van der Waals surface area contributed by atoms with Crippen LogP contribution in [0.5, 0.6) is 0 Å². The molecule has 0 aromatic rings. The highest BCUT2D eigenvalue weighted by atomic mass is 16.8. The van der Waals surface area contributed by atoms with Crippen LogP contribution in [-0.4, -0.2) is 18.4 Å². The van der Waals surface area contributed by atoms with Crippen LogP contribution in [0.15, 0.2) is 0 Å². The summed E-state index contributed by atoms with van der Waals surface area (Å²) in [4.78, 5) is 10.7. The number of carbonyl (C=O) groups excluding carboxylic acids is 1. The first-order valence-corrected chi connectivity index (χ1v) is 4.61. The molecule has 0 N–H and O–H groups in total. The van der Waals surface area contributed by atoms with Crippen molar-refractivity contribution in [2.24, 2.45) is 0 Å². The lowest BCUT2D eigenvalue weighted by Gasteiger charge is -2.09. The number of rotatable bonds is 4. The van der Waals surface area contributed by atoms with Crippen molar-refractivity contribution in [2.75, 3.05) is 0 Å². The number of carbonyl (C=O) groups is 1. The summed E-state index contributed by atoms with van der Waals surface area (Å²) in [5.74, 6) is 0. The van der Waals surface area contributed by atoms with Gasteiger partial charge in [-0.1, -0.05) is 19.8 Å². The summed E-state index contributed by atoms with van der Waals surface area (Å²) in [5, 5.41) is 0. The molecule has 0 amide bonds. The Morgan fingerprint density at radius 2 is 2.08 bits per heavy atom. The molecule has 0 radical (unpaired) electrons. The van der Waals surface area contributed by atoms with Gasteiger partial charge in [0.2, 0.25) is 0 Å². The van der Waals surface area contributed by atoms with E-state index in [1.165, 1.54) is 12.8 Å². The molecule has 1 heterocycles. The van der Waals surface area contributed by atoms with Gasteiger partial charge in [-0.2, -0.15) is 0 Å². The van der Waals surface area contributed by atoms with Gasteiger partial charge in [-0.3, -0.25) is 0 Å². The van der Waals surface area contributed by atoms with Crippen molar-refractivity contribution in [1.82, 2.24) is 0 Å². The van der Waals surface area contributed by atoms with Crippen LogP contribution in [0.25, 0.3) is 0 Å². The van der Waals surface area contributed by atoms with Crippen molar-refractivity contribution >= 4 is 6.16 Å². The lowest BCUT2D eigenvalue weighted by molar-refractivity contribution is 0.115. The van der Waals surface area contributed by atoms with Crippen LogP contribution in [0, 0.1) is 0 Å². The first-order chi connectivity index (χ1) is 5.74. The third-order valence-electron chi connectivity index (χ3n) is 2.15. The second kappa shape index (κ2) is 4.33. The standard InChI is InChI=1S/C9H16O3/c1-3-4-5-6-8-7(2)11-9(10)12-8/h7-8H,3-6H2,1-2H3/t7-,8+/m1/s1. The van der Waals surface area contributed by atoms with E-state index >= 15 is 0 Å². The molecule has 3 nitrogen and oxygen atoms in total. The molecule has 0 spiro atoms. The van der Waals surface area contributed by atoms with E-state index < -0.39 is 6.16 Å². The average Bonchev–Trinajstić information content (AvgIpc) is 2.31. The minimum Gasteiger partial charge on any atom is -0.427 e. The third kappa shape index (κ3) is 2.40. The van der Waals surface area contributed by atoms with Crippen LogP contribution in [0.3, 0.4) is 0 Å². The second-order valence-electron chi connectivity index (χ2n) is 3.23. The summed E-state index contributed by atoms with van der Waals surface area (Å²) in [6.45, 7) is 4.03. The molecule has 0 aliphatic carbocycles. The summed E-state index contributed by atoms with van der Waals surface area (Å²) >= 11 is 0. The van der Waals surface area contributed by atoms with Crippen LogP contribution in [-0.2, 0) is 9.47 Å². The minimum atomic E-state index is -0.510. The van der Waals surface area contributed by atoms with Crippen molar-refractivity contribution in [2.45, 2.75) is 51.7 Å². The first-order valence-electron chi connectivity index (χ1n) is 4.61. The summed E-state index contributed by atoms with van der Waals surface area (Å²) in [7, 11) is 0. The van der Waals surface area contributed by atoms with Crippen molar-refractivity contribution in [3.05, 3.63) is 0 Å². The largest absolute Gasteiger partial charge is 0.509 e. The van der Waals surface area contributed by atoms with Gasteiger partial charge in [0, 0.05) is 0 Å². The molecular formula is C9H16O3. The number of unbranched alkanes of at least 4 members (excludes halogenated alkanes) is 2. The lowest BCUT2D eigenvalue weighted by Crippen LogP contribution is -2.18. The van der Waals surface area contributed by atoms with Gasteiger partial charge in [0.15, 0.2) is 0 Å². The monoisotopic (exact) mass is 172 g/mol. The molecule has 1 fully saturated rings. The maximum atomic E-state index is 10.7. The van der Waals surface area contributed by atoms with Crippen LogP contribution in [0.2, 0.25) is 0 Å². The van der Waals surface area contributed by atoms with E-state index in [0.717, 1.165) is 12.8 Å². The zero-order valence-electron chi connectivity index (χ0n) is 7.71. The predicted octanol–water partition coefficient (Wildman–Crippen LogP) is 2.49. The zero-order chi connectivity index (χ0) is 8.97. The number of cyclic esters (lactones) is 2. The highest BCUT2D eigenvalue weighted by Gasteiger charge is 2.32. The van der Waals surface area contributed by atoms with Crippen LogP contribution in [0.1, 0.15) is 39.5 Å². The van der Waals surface area contributed by atoms with Gasteiger partial charge < -0.3 is 9.47 Å². The molecule has 0 saturated carbocycles. The Hall–Kier alpha value is -0.730. The Kier molecular flexibility index (Phi) is 3.38. The Balaban J connectivity index is 2.19. The molecule has 2 atom stereocenters. The van der Waals surface area contributed by atoms with E-state index in [1.807, 2.05) is 6.92 Å². The van der Waals surface area contributed by atoms with E-state index in [9.17, 15) is 4.79 Å². The van der Waals surface area contributed by atoms with Gasteiger partial charge in [0.05, 0.1) is 0 Å². The fourth-order valence-corrected chi connectivity index (χ4v) is 1.36. The maximum Gasteiger partial charge on any atom is 0.509 e. The Morgan fingerprint density at radius 1 is 1.33 bits per heavy atom. The summed E-state index contributed by atoms with van der Waals surface area (Å²) < 4.78 is 9.80. The van der Waals surface area contributed by atoms with Crippen LogP contribution in [0.4, 0.5) is 4.79 Å². The van der Waals surface area contributed by atoms with E-state index in [1.54, 1.807) is 0 Å². The van der Waals surface area contributed by atoms with Gasteiger partial charge >= 0.3 is 6.16 Å². The zero-order valence-corrected chi connectivity index (χ0v) is 7.71. The summed E-state index contributed by atoms with van der Waals surface area (Å²) in [6.07, 6.45) is 3.85. The molecule has 12 heavy (non-hydrogen) atoms. The van der Waals surface area contributed by atoms with Crippen molar-refractivity contribution in [3.8, 4) is 0 Å². The van der Waals surface area contributed by atoms with Gasteiger partial charge in [0.25, 0.3) is 0 Å². The topological polar surface area (TPSA) is 35.5 Å². The highest BCUT2D eigenvalue weighted by molar-refractivity contribution is 5.62. The molecule has 1 saturated heterocycles. The molecule has 1 rings (SSSR count). The number of hydrogen-bond acceptors (Lipinski definition) is 3. The molecule has 1 aliphatic rings. The molecule has 0 aromatic carbocycles. The third-order valence-corrected chi connectivity index (χ3v) is 2.15. The minimum absolute atomic E-state index is 0.0101. The SMILES string of the molecule is CCCCC[C@@H]1OC(=O)O[C@@H]1C. The Bertz CT molecular complexity index is 156. The lowest BCUT2D eigenvalue weighted by atomic mass is 10.1. The van der Waals surface area contributed by atoms with Crippen molar-refractivity contribution in [1.29, 1.82) is 0 Å². The Morgan fingerprint density at radius 3 is 2.58 bits per heavy atom. The Labute approximate surface area is 73.0 Å².